The third-order valence-electron chi connectivity index (χ3n) is 9.33. The van der Waals surface area contributed by atoms with E-state index in [1.807, 2.05) is 0 Å². The van der Waals surface area contributed by atoms with Gasteiger partial charge in [-0.1, -0.05) is 10.2 Å². The van der Waals surface area contributed by atoms with Crippen molar-refractivity contribution in [1.82, 2.24) is 49.0 Å². The highest BCUT2D eigenvalue weighted by atomic mass is 31.3. The average Bonchev–Trinajstić information content (AvgIpc) is 4.01. The molecule has 7 rings (SSSR count). The number of aliphatic hydroxyl groups excluding tert-OH is 3. The van der Waals surface area contributed by atoms with Crippen LogP contribution < -0.4 is 32.6 Å². The number of phosphoric acid groups is 3. The van der Waals surface area contributed by atoms with Crippen LogP contribution in [0.2, 0.25) is 0 Å². The number of anilines is 2. The van der Waals surface area contributed by atoms with Crippen LogP contribution in [-0.2, 0) is 68.3 Å². The number of methoxy groups -OCH3 is 1. The van der Waals surface area contributed by atoms with Gasteiger partial charge in [0.15, 0.2) is 29.2 Å². The van der Waals surface area contributed by atoms with Crippen LogP contribution in [0.15, 0.2) is 28.4 Å². The zero-order chi connectivity index (χ0) is 46.7. The Bertz CT molecular complexity index is 2870. The molecule has 352 valence electrons. The number of nitrogens with zero attached hydrogens (tertiary/aromatic N) is 9. The number of hydrogen-bond donors (Lipinski definition) is 11. The van der Waals surface area contributed by atoms with Crippen molar-refractivity contribution in [3.8, 4) is 0 Å². The van der Waals surface area contributed by atoms with Crippen molar-refractivity contribution in [3.63, 3.8) is 0 Å². The first-order valence-electron chi connectivity index (χ1n) is 17.8. The molecule has 34 nitrogen and oxygen atoms in total. The fourth-order valence-corrected chi connectivity index (χ4v) is 11.0. The van der Waals surface area contributed by atoms with E-state index in [2.05, 4.69) is 52.9 Å². The van der Waals surface area contributed by atoms with Crippen LogP contribution in [0, 0.1) is 0 Å². The van der Waals surface area contributed by atoms with Crippen LogP contribution in [0.4, 0.5) is 11.9 Å². The van der Waals surface area contributed by atoms with Gasteiger partial charge < -0.3 is 60.6 Å². The minimum Gasteiger partial charge on any atom is -0.387 e. The fraction of sp³-hybridized carbons (Fsp3) is 0.538. The summed E-state index contributed by atoms with van der Waals surface area (Å²) in [5, 5.41) is 38.8. The van der Waals surface area contributed by atoms with Crippen molar-refractivity contribution in [2.45, 2.75) is 55.6 Å². The van der Waals surface area contributed by atoms with Crippen LogP contribution in [-0.4, -0.2) is 147 Å². The van der Waals surface area contributed by atoms with E-state index in [0.717, 1.165) is 15.6 Å². The first kappa shape index (κ1) is 47.7. The zero-order valence-electron chi connectivity index (χ0n) is 32.5. The van der Waals surface area contributed by atoms with Crippen LogP contribution in [0.3, 0.4) is 0 Å². The summed E-state index contributed by atoms with van der Waals surface area (Å²) in [4.78, 5) is 81.9. The molecular formula is C26H38N13O21P4+. The van der Waals surface area contributed by atoms with Gasteiger partial charge in [-0.05, 0) is 0 Å². The molecule has 13 N–H and O–H groups in total. The smallest absolute Gasteiger partial charge is 0.387 e. The van der Waals surface area contributed by atoms with E-state index in [-0.39, 0.29) is 34.2 Å². The fourth-order valence-electron chi connectivity index (χ4n) is 6.51. The predicted octanol–water partition coefficient (Wildman–Crippen LogP) is -4.77. The van der Waals surface area contributed by atoms with Gasteiger partial charge in [0.05, 0.1) is 45.9 Å². The lowest BCUT2D eigenvalue weighted by Gasteiger charge is -2.19. The number of hydrogen-bond acceptors (Lipinski definition) is 24. The van der Waals surface area contributed by atoms with Crippen molar-refractivity contribution in [2.24, 2.45) is 7.05 Å². The molecule has 0 bridgehead atoms. The summed E-state index contributed by atoms with van der Waals surface area (Å²) in [6.07, 6.45) is -8.66. The van der Waals surface area contributed by atoms with Crippen molar-refractivity contribution in [3.05, 3.63) is 39.6 Å². The van der Waals surface area contributed by atoms with Crippen LogP contribution in [0.1, 0.15) is 12.5 Å². The Morgan fingerprint density at radius 3 is 2.17 bits per heavy atom. The number of fused-ring (bicyclic) bond motifs is 2. The van der Waals surface area contributed by atoms with Crippen molar-refractivity contribution in [2.75, 3.05) is 38.4 Å². The Hall–Kier alpha value is -4.24. The van der Waals surface area contributed by atoms with Gasteiger partial charge in [0.2, 0.25) is 17.7 Å². The van der Waals surface area contributed by atoms with Crippen LogP contribution in [0.25, 0.3) is 22.3 Å². The van der Waals surface area contributed by atoms with Crippen LogP contribution >= 0.6 is 31.1 Å². The highest BCUT2D eigenvalue weighted by Gasteiger charge is 2.50. The Labute approximate surface area is 354 Å². The molecule has 0 aliphatic carbocycles. The third kappa shape index (κ3) is 9.95. The number of imidazole rings is 2. The average molecular weight is 993 g/mol. The second kappa shape index (κ2) is 17.9. The summed E-state index contributed by atoms with van der Waals surface area (Å²) in [5.41, 5.74) is 8.85. The summed E-state index contributed by atoms with van der Waals surface area (Å²) in [5.74, 6) is -0.524. The van der Waals surface area contributed by atoms with Gasteiger partial charge >= 0.3 is 36.7 Å². The molecular weight excluding hydrogens is 954 g/mol. The highest BCUT2D eigenvalue weighted by molar-refractivity contribution is 7.69. The lowest BCUT2D eigenvalue weighted by Crippen LogP contribution is -2.47. The lowest BCUT2D eigenvalue weighted by atomic mass is 10.1. The molecule has 6 unspecified atom stereocenters. The highest BCUT2D eigenvalue weighted by Crippen LogP contribution is 2.61. The number of phosphoric ester groups is 3. The minimum absolute atomic E-state index is 0.0425. The molecule has 64 heavy (non-hydrogen) atoms. The number of rotatable bonds is 18. The summed E-state index contributed by atoms with van der Waals surface area (Å²) < 4.78 is 94.8. The normalized spacial score (nSPS) is 27.7. The van der Waals surface area contributed by atoms with Gasteiger partial charge in [-0.15, -0.1) is 5.10 Å². The number of nitrogen functional groups attached to an aromatic ring is 2. The van der Waals surface area contributed by atoms with E-state index in [4.69, 9.17) is 30.2 Å². The van der Waals surface area contributed by atoms with Crippen molar-refractivity contribution >= 4 is 70.7 Å². The minimum atomic E-state index is -5.48. The second-order valence-electron chi connectivity index (χ2n) is 13.7. The number of ether oxygens (including phenoxy) is 3. The second-order valence-corrected chi connectivity index (χ2v) is 20.1. The third-order valence-corrected chi connectivity index (χ3v) is 14.9. The summed E-state index contributed by atoms with van der Waals surface area (Å²) in [6, 6.07) is 0. The van der Waals surface area contributed by atoms with Gasteiger partial charge in [0.1, 0.15) is 36.6 Å². The number of aromatic amines is 2. The summed E-state index contributed by atoms with van der Waals surface area (Å²) in [6.45, 7) is -3.33. The molecule has 5 aromatic rings. The predicted molar refractivity (Wildman–Crippen MR) is 204 cm³/mol. The Morgan fingerprint density at radius 2 is 1.48 bits per heavy atom. The molecule has 0 aromatic carbocycles. The molecule has 0 radical (unpaired) electrons. The topological polar surface area (TPSA) is 485 Å². The summed E-state index contributed by atoms with van der Waals surface area (Å²) >= 11 is 0. The van der Waals surface area contributed by atoms with E-state index in [9.17, 15) is 62.7 Å². The SMILES string of the molecule is COC1[C@@H](O)[C@@H](COP(=O)(O)OP(=O)(O)c2cn(CCOP(=O)(O)OP(=O)(O)OC[C@H]3O[C@@H](n4cnc5c(=O)[nH]c(N)nc54)[C@@H](O)C3O)nn2)O[C@H]1[n+]1cn(C)c2c(=O)[nH]c(N)nc21. The maximum absolute atomic E-state index is 12.9. The maximum Gasteiger partial charge on any atom is 0.481 e. The molecule has 38 heteroatoms. The van der Waals surface area contributed by atoms with Gasteiger partial charge in [-0.25, -0.2) is 32.2 Å². The van der Waals surface area contributed by atoms with Gasteiger partial charge in [-0.3, -0.25) is 46.8 Å². The van der Waals surface area contributed by atoms with E-state index < -0.39 is 123 Å². The standard InChI is InChI=1S/C26H37N13O21P4/c1-36-9-39(20-14(36)22(44)33-26(28)31-20)24-18(53-2)16(41)11(58-24)7-55-63(49,50)59-61(45,46)12-5-37(35-34-12)3-4-54-62(47,48)60-64(51,52)56-6-10-15(40)17(42)23(57-10)38-8-29-13-19(38)30-25(27)32-21(13)43/h5,8-11,15-18,23-24,40-42H,3-4,6-7H2,1-2H3,(H9-,27,28,30,31,32,33,43,44,45,46,47,48,49,50,51,52)/p+1/t10-,11-,15?,16+,17+,18?,23-,24-/m1/s1. The maximum atomic E-state index is 12.9. The molecule has 2 fully saturated rings. The molecule has 7 heterocycles. The Morgan fingerprint density at radius 1 is 0.859 bits per heavy atom. The van der Waals surface area contributed by atoms with Gasteiger partial charge in [-0.2, -0.15) is 9.29 Å². The quantitative estimate of drug-likeness (QED) is 0.0290. The number of aromatic nitrogens is 11. The largest absolute Gasteiger partial charge is 0.481 e. The number of aryl methyl sites for hydroxylation is 1. The molecule has 0 saturated carbocycles. The zero-order valence-corrected chi connectivity index (χ0v) is 36.1. The monoisotopic (exact) mass is 992 g/mol. The lowest BCUT2D eigenvalue weighted by molar-refractivity contribution is -0.746. The summed E-state index contributed by atoms with van der Waals surface area (Å²) in [7, 11) is -19.0. The van der Waals surface area contributed by atoms with Gasteiger partial charge in [0, 0.05) is 7.11 Å². The molecule has 2 saturated heterocycles. The number of aliphatic hydroxyl groups is 3. The molecule has 5 aromatic heterocycles. The van der Waals surface area contributed by atoms with Crippen LogP contribution in [0.5, 0.6) is 0 Å². The van der Waals surface area contributed by atoms with E-state index in [1.165, 1.54) is 29.6 Å². The number of H-pyrrole nitrogens is 2. The van der Waals surface area contributed by atoms with Gasteiger partial charge in [0.25, 0.3) is 17.1 Å². The molecule has 0 spiro atoms. The molecule has 2 aliphatic heterocycles. The number of nitrogens with one attached hydrogen (secondary N) is 2. The Balaban J connectivity index is 0.886. The molecule has 0 amide bonds. The van der Waals surface area contributed by atoms with Crippen molar-refractivity contribution < 1.29 is 94.1 Å². The first-order chi connectivity index (χ1) is 29.9. The van der Waals surface area contributed by atoms with E-state index in [1.54, 1.807) is 0 Å². The molecule has 2 aliphatic rings. The molecule has 12 atom stereocenters. The number of nitrogens with two attached hydrogens (primary N) is 2. The van der Waals surface area contributed by atoms with Crippen molar-refractivity contribution in [1.29, 1.82) is 0 Å². The van der Waals surface area contributed by atoms with E-state index >= 15 is 0 Å². The van der Waals surface area contributed by atoms with E-state index in [0.29, 0.717) is 6.20 Å². The first-order valence-corrected chi connectivity index (χ1v) is 23.9. The Kier molecular flexibility index (Phi) is 13.3.